The summed E-state index contributed by atoms with van der Waals surface area (Å²) in [5.41, 5.74) is 2.11. The first-order valence-corrected chi connectivity index (χ1v) is 9.08. The predicted molar refractivity (Wildman–Crippen MR) is 98.9 cm³/mol. The second-order valence-corrected chi connectivity index (χ2v) is 6.84. The van der Waals surface area contributed by atoms with E-state index in [1.54, 1.807) is 0 Å². The fourth-order valence-electron chi connectivity index (χ4n) is 3.12. The zero-order chi connectivity index (χ0) is 17.5. The van der Waals surface area contributed by atoms with Crippen molar-refractivity contribution in [2.75, 3.05) is 32.8 Å². The van der Waals surface area contributed by atoms with Crippen molar-refractivity contribution in [3.05, 3.63) is 70.7 Å². The maximum absolute atomic E-state index is 12.5. The first-order chi connectivity index (χ1) is 12.2. The zero-order valence-electron chi connectivity index (χ0n) is 14.2. The SMILES string of the molecule is O=C(Cc1ccc(Cl)cc1)N[C@H](C[NH+]1CCOCC1)c1ccccc1. The third-order valence-corrected chi connectivity index (χ3v) is 4.76. The highest BCUT2D eigenvalue weighted by atomic mass is 35.5. The minimum absolute atomic E-state index is 0.00843. The summed E-state index contributed by atoms with van der Waals surface area (Å²) in [6.07, 6.45) is 0.360. The van der Waals surface area contributed by atoms with E-state index in [2.05, 4.69) is 17.4 Å². The Balaban J connectivity index is 1.65. The van der Waals surface area contributed by atoms with Crippen molar-refractivity contribution < 1.29 is 14.4 Å². The Kier molecular flexibility index (Phi) is 6.45. The summed E-state index contributed by atoms with van der Waals surface area (Å²) in [5.74, 6) is 0.0313. The molecule has 1 heterocycles. The fraction of sp³-hybridized carbons (Fsp3) is 0.350. The van der Waals surface area contributed by atoms with Gasteiger partial charge in [0.2, 0.25) is 5.91 Å². The molecule has 5 heteroatoms. The third-order valence-electron chi connectivity index (χ3n) is 4.51. The summed E-state index contributed by atoms with van der Waals surface area (Å²) in [6, 6.07) is 17.6. The molecule has 0 saturated carbocycles. The molecule has 0 aliphatic carbocycles. The van der Waals surface area contributed by atoms with Gasteiger partial charge in [-0.2, -0.15) is 0 Å². The summed E-state index contributed by atoms with van der Waals surface area (Å²) in [5, 5.41) is 3.89. The number of morpholine rings is 1. The maximum atomic E-state index is 12.5. The molecule has 0 unspecified atom stereocenters. The zero-order valence-corrected chi connectivity index (χ0v) is 15.0. The molecule has 1 saturated heterocycles. The third kappa shape index (κ3) is 5.56. The van der Waals surface area contributed by atoms with E-state index in [4.69, 9.17) is 16.3 Å². The molecule has 4 nitrogen and oxygen atoms in total. The Morgan fingerprint density at radius 1 is 1.08 bits per heavy atom. The lowest BCUT2D eigenvalue weighted by Gasteiger charge is -2.28. The van der Waals surface area contributed by atoms with Crippen molar-refractivity contribution in [3.8, 4) is 0 Å². The van der Waals surface area contributed by atoms with E-state index in [0.717, 1.165) is 44.0 Å². The van der Waals surface area contributed by atoms with Crippen LogP contribution in [0.25, 0.3) is 0 Å². The van der Waals surface area contributed by atoms with Gasteiger partial charge in [0, 0.05) is 5.02 Å². The second-order valence-electron chi connectivity index (χ2n) is 6.40. The van der Waals surface area contributed by atoms with Gasteiger partial charge in [0.1, 0.15) is 25.7 Å². The highest BCUT2D eigenvalue weighted by molar-refractivity contribution is 6.30. The number of quaternary nitrogens is 1. The van der Waals surface area contributed by atoms with Gasteiger partial charge in [-0.05, 0) is 23.3 Å². The monoisotopic (exact) mass is 359 g/mol. The molecule has 1 amide bonds. The van der Waals surface area contributed by atoms with Gasteiger partial charge in [-0.3, -0.25) is 4.79 Å². The lowest BCUT2D eigenvalue weighted by molar-refractivity contribution is -0.909. The largest absolute Gasteiger partial charge is 0.370 e. The van der Waals surface area contributed by atoms with Crippen molar-refractivity contribution >= 4 is 17.5 Å². The van der Waals surface area contributed by atoms with Gasteiger partial charge in [0.15, 0.2) is 0 Å². The van der Waals surface area contributed by atoms with E-state index < -0.39 is 0 Å². The topological polar surface area (TPSA) is 42.8 Å². The fourth-order valence-corrected chi connectivity index (χ4v) is 3.25. The molecular formula is C20H24ClN2O2+. The number of halogens is 1. The number of carbonyl (C=O) groups is 1. The molecule has 3 rings (SSSR count). The van der Waals surface area contributed by atoms with Gasteiger partial charge >= 0.3 is 0 Å². The minimum Gasteiger partial charge on any atom is -0.370 e. The van der Waals surface area contributed by atoms with Crippen molar-refractivity contribution in [2.45, 2.75) is 12.5 Å². The lowest BCUT2D eigenvalue weighted by Crippen LogP contribution is -3.14. The number of nitrogens with one attached hydrogen (secondary N) is 2. The van der Waals surface area contributed by atoms with Gasteiger partial charge < -0.3 is 15.0 Å². The molecule has 2 N–H and O–H groups in total. The van der Waals surface area contributed by atoms with Crippen LogP contribution in [0.2, 0.25) is 5.02 Å². The number of hydrogen-bond donors (Lipinski definition) is 2. The smallest absolute Gasteiger partial charge is 0.225 e. The van der Waals surface area contributed by atoms with Gasteiger partial charge in [-0.1, -0.05) is 54.1 Å². The van der Waals surface area contributed by atoms with Crippen LogP contribution in [0.3, 0.4) is 0 Å². The predicted octanol–water partition coefficient (Wildman–Crippen LogP) is 1.66. The number of hydrogen-bond acceptors (Lipinski definition) is 2. The number of amides is 1. The van der Waals surface area contributed by atoms with Crippen LogP contribution in [0.1, 0.15) is 17.2 Å². The van der Waals surface area contributed by atoms with E-state index in [-0.39, 0.29) is 11.9 Å². The molecule has 1 aliphatic heterocycles. The Labute approximate surface area is 153 Å². The molecule has 2 aromatic carbocycles. The quantitative estimate of drug-likeness (QED) is 0.823. The van der Waals surface area contributed by atoms with Crippen LogP contribution in [0.15, 0.2) is 54.6 Å². The summed E-state index contributed by atoms with van der Waals surface area (Å²) >= 11 is 5.91. The highest BCUT2D eigenvalue weighted by Gasteiger charge is 2.22. The highest BCUT2D eigenvalue weighted by Crippen LogP contribution is 2.13. The van der Waals surface area contributed by atoms with Crippen LogP contribution < -0.4 is 10.2 Å². The number of rotatable bonds is 6. The van der Waals surface area contributed by atoms with Crippen LogP contribution in [0.5, 0.6) is 0 Å². The summed E-state index contributed by atoms with van der Waals surface area (Å²) < 4.78 is 5.44. The first kappa shape index (κ1) is 17.9. The average molecular weight is 360 g/mol. The summed E-state index contributed by atoms with van der Waals surface area (Å²) in [6.45, 7) is 4.41. The van der Waals surface area contributed by atoms with Crippen LogP contribution in [-0.2, 0) is 16.0 Å². The molecule has 2 aromatic rings. The number of ether oxygens (including phenoxy) is 1. The van der Waals surface area contributed by atoms with Crippen molar-refractivity contribution in [1.29, 1.82) is 0 Å². The van der Waals surface area contributed by atoms with Crippen LogP contribution in [-0.4, -0.2) is 38.8 Å². The van der Waals surface area contributed by atoms with E-state index in [0.29, 0.717) is 11.4 Å². The van der Waals surface area contributed by atoms with Crippen LogP contribution >= 0.6 is 11.6 Å². The molecule has 1 fully saturated rings. The molecule has 1 atom stereocenters. The molecule has 0 spiro atoms. The van der Waals surface area contributed by atoms with Crippen LogP contribution in [0, 0.1) is 0 Å². The average Bonchev–Trinajstić information content (AvgIpc) is 2.65. The number of benzene rings is 2. The standard InChI is InChI=1S/C20H23ClN2O2/c21-18-8-6-16(7-9-18)14-20(24)22-19(17-4-2-1-3-5-17)15-23-10-12-25-13-11-23/h1-9,19H,10-15H2,(H,22,24)/p+1/t19-/m1/s1. The molecular weight excluding hydrogens is 336 g/mol. The van der Waals surface area contributed by atoms with E-state index >= 15 is 0 Å². The van der Waals surface area contributed by atoms with E-state index in [9.17, 15) is 4.79 Å². The van der Waals surface area contributed by atoms with E-state index in [1.165, 1.54) is 4.90 Å². The molecule has 1 aliphatic rings. The second kappa shape index (κ2) is 8.99. The van der Waals surface area contributed by atoms with Gasteiger partial charge in [-0.15, -0.1) is 0 Å². The first-order valence-electron chi connectivity index (χ1n) is 8.71. The molecule has 0 aromatic heterocycles. The summed E-state index contributed by atoms with van der Waals surface area (Å²) in [7, 11) is 0. The Bertz CT molecular complexity index is 670. The Morgan fingerprint density at radius 3 is 2.44 bits per heavy atom. The molecule has 25 heavy (non-hydrogen) atoms. The molecule has 0 bridgehead atoms. The van der Waals surface area contributed by atoms with E-state index in [1.807, 2.05) is 42.5 Å². The van der Waals surface area contributed by atoms with Crippen molar-refractivity contribution in [2.24, 2.45) is 0 Å². The summed E-state index contributed by atoms with van der Waals surface area (Å²) in [4.78, 5) is 14.0. The molecule has 0 radical (unpaired) electrons. The lowest BCUT2D eigenvalue weighted by atomic mass is 10.1. The van der Waals surface area contributed by atoms with Gasteiger partial charge in [0.25, 0.3) is 0 Å². The van der Waals surface area contributed by atoms with Gasteiger partial charge in [-0.25, -0.2) is 0 Å². The Morgan fingerprint density at radius 2 is 1.76 bits per heavy atom. The maximum Gasteiger partial charge on any atom is 0.225 e. The minimum atomic E-state index is 0.00843. The Hall–Kier alpha value is -1.88. The number of carbonyl (C=O) groups excluding carboxylic acids is 1. The normalized spacial score (nSPS) is 16.4. The van der Waals surface area contributed by atoms with Gasteiger partial charge in [0.05, 0.1) is 19.6 Å². The van der Waals surface area contributed by atoms with Crippen molar-refractivity contribution in [3.63, 3.8) is 0 Å². The van der Waals surface area contributed by atoms with Crippen molar-refractivity contribution in [1.82, 2.24) is 5.32 Å². The molecule has 132 valence electrons. The van der Waals surface area contributed by atoms with Crippen LogP contribution in [0.4, 0.5) is 0 Å².